The van der Waals surface area contributed by atoms with E-state index in [1.54, 1.807) is 0 Å². The van der Waals surface area contributed by atoms with Gasteiger partial charge in [-0.2, -0.15) is 0 Å². The molecule has 6 heteroatoms. The Hall–Kier alpha value is -1.98. The van der Waals surface area contributed by atoms with E-state index in [0.29, 0.717) is 12.0 Å². The molecule has 1 fully saturated rings. The SMILES string of the molecule is O=C(O)CCNC(=O)C1CC1c1ccc(F)cc1F. The van der Waals surface area contributed by atoms with Crippen LogP contribution in [0, 0.1) is 17.6 Å². The van der Waals surface area contributed by atoms with Gasteiger partial charge in [0, 0.05) is 18.5 Å². The van der Waals surface area contributed by atoms with Crippen LogP contribution in [0.5, 0.6) is 0 Å². The molecule has 2 rings (SSSR count). The molecule has 1 saturated carbocycles. The minimum atomic E-state index is -0.989. The number of rotatable bonds is 5. The van der Waals surface area contributed by atoms with Crippen LogP contribution in [0.1, 0.15) is 24.3 Å². The van der Waals surface area contributed by atoms with E-state index in [0.717, 1.165) is 12.1 Å². The maximum atomic E-state index is 13.5. The number of hydrogen-bond acceptors (Lipinski definition) is 2. The van der Waals surface area contributed by atoms with Gasteiger partial charge in [0.15, 0.2) is 0 Å². The van der Waals surface area contributed by atoms with Crippen molar-refractivity contribution in [3.05, 3.63) is 35.4 Å². The molecule has 19 heavy (non-hydrogen) atoms. The highest BCUT2D eigenvalue weighted by atomic mass is 19.1. The third-order valence-corrected chi connectivity index (χ3v) is 3.13. The van der Waals surface area contributed by atoms with Crippen LogP contribution in [-0.2, 0) is 9.59 Å². The van der Waals surface area contributed by atoms with Crippen LogP contribution in [-0.4, -0.2) is 23.5 Å². The molecule has 0 heterocycles. The summed E-state index contributed by atoms with van der Waals surface area (Å²) in [4.78, 5) is 21.9. The molecule has 1 aliphatic rings. The van der Waals surface area contributed by atoms with Gasteiger partial charge in [-0.15, -0.1) is 0 Å². The molecule has 0 saturated heterocycles. The highest BCUT2D eigenvalue weighted by Crippen LogP contribution is 2.48. The molecule has 4 nitrogen and oxygen atoms in total. The number of aliphatic carboxylic acids is 1. The molecule has 1 aromatic rings. The van der Waals surface area contributed by atoms with Gasteiger partial charge >= 0.3 is 5.97 Å². The van der Waals surface area contributed by atoms with Crippen LogP contribution in [0.2, 0.25) is 0 Å². The largest absolute Gasteiger partial charge is 0.481 e. The Morgan fingerprint density at radius 3 is 2.74 bits per heavy atom. The van der Waals surface area contributed by atoms with Crippen molar-refractivity contribution in [3.8, 4) is 0 Å². The van der Waals surface area contributed by atoms with Crippen molar-refractivity contribution in [1.82, 2.24) is 5.32 Å². The van der Waals surface area contributed by atoms with Gasteiger partial charge in [-0.25, -0.2) is 8.78 Å². The lowest BCUT2D eigenvalue weighted by molar-refractivity contribution is -0.136. The van der Waals surface area contributed by atoms with E-state index < -0.39 is 17.6 Å². The first-order valence-electron chi connectivity index (χ1n) is 5.93. The van der Waals surface area contributed by atoms with Crippen LogP contribution in [0.25, 0.3) is 0 Å². The molecule has 0 aromatic heterocycles. The molecule has 0 aliphatic heterocycles. The third kappa shape index (κ3) is 3.27. The minimum absolute atomic E-state index is 0.0588. The van der Waals surface area contributed by atoms with Crippen molar-refractivity contribution in [1.29, 1.82) is 0 Å². The predicted octanol–water partition coefficient (Wildman–Crippen LogP) is 1.66. The lowest BCUT2D eigenvalue weighted by Gasteiger charge is -2.04. The number of carbonyl (C=O) groups excluding carboxylic acids is 1. The van der Waals surface area contributed by atoms with Gasteiger partial charge in [-0.05, 0) is 24.0 Å². The smallest absolute Gasteiger partial charge is 0.305 e. The molecule has 102 valence electrons. The number of hydrogen-bond donors (Lipinski definition) is 2. The van der Waals surface area contributed by atoms with Crippen molar-refractivity contribution >= 4 is 11.9 Å². The maximum absolute atomic E-state index is 13.5. The molecule has 0 radical (unpaired) electrons. The summed E-state index contributed by atoms with van der Waals surface area (Å²) in [5, 5.41) is 10.9. The van der Waals surface area contributed by atoms with Gasteiger partial charge < -0.3 is 10.4 Å². The average Bonchev–Trinajstić information content (AvgIpc) is 3.08. The molecular formula is C13H13F2NO3. The van der Waals surface area contributed by atoms with Crippen molar-refractivity contribution in [2.24, 2.45) is 5.92 Å². The highest BCUT2D eigenvalue weighted by Gasteiger charge is 2.45. The summed E-state index contributed by atoms with van der Waals surface area (Å²) in [5.74, 6) is -3.17. The number of carbonyl (C=O) groups is 2. The molecule has 2 unspecified atom stereocenters. The van der Waals surface area contributed by atoms with Gasteiger partial charge in [0.2, 0.25) is 5.91 Å². The first-order chi connectivity index (χ1) is 8.99. The first kappa shape index (κ1) is 13.5. The molecule has 0 spiro atoms. The fourth-order valence-corrected chi connectivity index (χ4v) is 2.05. The van der Waals surface area contributed by atoms with E-state index in [4.69, 9.17) is 5.11 Å². The summed E-state index contributed by atoms with van der Waals surface area (Å²) in [6, 6.07) is 3.31. The fourth-order valence-electron chi connectivity index (χ4n) is 2.05. The first-order valence-corrected chi connectivity index (χ1v) is 5.93. The molecular weight excluding hydrogens is 256 g/mol. The summed E-state index contributed by atoms with van der Waals surface area (Å²) < 4.78 is 26.2. The molecule has 1 aliphatic carbocycles. The van der Waals surface area contributed by atoms with Gasteiger partial charge in [0.1, 0.15) is 11.6 Å². The summed E-state index contributed by atoms with van der Waals surface area (Å²) >= 11 is 0. The average molecular weight is 269 g/mol. The molecule has 2 N–H and O–H groups in total. The highest BCUT2D eigenvalue weighted by molar-refractivity contribution is 5.83. The normalized spacial score (nSPS) is 20.9. The Kier molecular flexibility index (Phi) is 3.78. The van der Waals surface area contributed by atoms with Crippen molar-refractivity contribution in [2.75, 3.05) is 6.54 Å². The second-order valence-corrected chi connectivity index (χ2v) is 4.55. The lowest BCUT2D eigenvalue weighted by Crippen LogP contribution is -2.27. The zero-order chi connectivity index (χ0) is 14.0. The van der Waals surface area contributed by atoms with E-state index >= 15 is 0 Å². The van der Waals surface area contributed by atoms with Crippen LogP contribution >= 0.6 is 0 Å². The summed E-state index contributed by atoms with van der Waals surface area (Å²) in [6.45, 7) is 0.0588. The molecule has 1 aromatic carbocycles. The van der Waals surface area contributed by atoms with Crippen molar-refractivity contribution < 1.29 is 23.5 Å². The van der Waals surface area contributed by atoms with E-state index in [2.05, 4.69) is 5.32 Å². The Morgan fingerprint density at radius 2 is 2.11 bits per heavy atom. The fraction of sp³-hybridized carbons (Fsp3) is 0.385. The van der Waals surface area contributed by atoms with Crippen LogP contribution in [0.3, 0.4) is 0 Å². The number of carboxylic acid groups (broad SMARTS) is 1. The number of halogens is 2. The van der Waals surface area contributed by atoms with Crippen LogP contribution in [0.4, 0.5) is 8.78 Å². The van der Waals surface area contributed by atoms with Gasteiger partial charge in [-0.3, -0.25) is 9.59 Å². The second kappa shape index (κ2) is 5.34. The Morgan fingerprint density at radius 1 is 1.37 bits per heavy atom. The Balaban J connectivity index is 1.89. The summed E-state index contributed by atoms with van der Waals surface area (Å²) in [6.07, 6.45) is 0.357. The number of amides is 1. The molecule has 0 bridgehead atoms. The maximum Gasteiger partial charge on any atom is 0.305 e. The van der Waals surface area contributed by atoms with E-state index in [-0.39, 0.29) is 30.7 Å². The predicted molar refractivity (Wildman–Crippen MR) is 62.5 cm³/mol. The number of carboxylic acids is 1. The van der Waals surface area contributed by atoms with Crippen molar-refractivity contribution in [3.63, 3.8) is 0 Å². The van der Waals surface area contributed by atoms with Gasteiger partial charge in [0.25, 0.3) is 0 Å². The Bertz CT molecular complexity index is 519. The second-order valence-electron chi connectivity index (χ2n) is 4.55. The zero-order valence-electron chi connectivity index (χ0n) is 10.0. The van der Waals surface area contributed by atoms with E-state index in [1.807, 2.05) is 0 Å². The van der Waals surface area contributed by atoms with Crippen LogP contribution < -0.4 is 5.32 Å². The van der Waals surface area contributed by atoms with Crippen LogP contribution in [0.15, 0.2) is 18.2 Å². The van der Waals surface area contributed by atoms with Crippen molar-refractivity contribution in [2.45, 2.75) is 18.8 Å². The Labute approximate surface area is 108 Å². The quantitative estimate of drug-likeness (QED) is 0.854. The van der Waals surface area contributed by atoms with E-state index in [9.17, 15) is 18.4 Å². The summed E-state index contributed by atoms with van der Waals surface area (Å²) in [5.41, 5.74) is 0.333. The van der Waals surface area contributed by atoms with E-state index in [1.165, 1.54) is 6.07 Å². The molecule has 2 atom stereocenters. The van der Waals surface area contributed by atoms with Gasteiger partial charge in [0.05, 0.1) is 6.42 Å². The minimum Gasteiger partial charge on any atom is -0.481 e. The standard InChI is InChI=1S/C13H13F2NO3/c14-7-1-2-8(11(15)5-7)9-6-10(9)13(19)16-4-3-12(17)18/h1-2,5,9-10H,3-4,6H2,(H,16,19)(H,17,18). The zero-order valence-corrected chi connectivity index (χ0v) is 10.0. The topological polar surface area (TPSA) is 66.4 Å². The van der Waals surface area contributed by atoms with Gasteiger partial charge in [-0.1, -0.05) is 6.07 Å². The number of benzene rings is 1. The third-order valence-electron chi connectivity index (χ3n) is 3.13. The summed E-state index contributed by atoms with van der Waals surface area (Å²) in [7, 11) is 0. The lowest BCUT2D eigenvalue weighted by atomic mass is 10.1. The number of nitrogens with one attached hydrogen (secondary N) is 1. The monoisotopic (exact) mass is 269 g/mol. The molecule has 1 amide bonds.